The fourth-order valence-electron chi connectivity index (χ4n) is 2.26. The van der Waals surface area contributed by atoms with Crippen LogP contribution in [0.2, 0.25) is 0 Å². The lowest BCUT2D eigenvalue weighted by Crippen LogP contribution is -2.33. The summed E-state index contributed by atoms with van der Waals surface area (Å²) < 4.78 is 1.05. The van der Waals surface area contributed by atoms with Crippen LogP contribution in [-0.4, -0.2) is 16.8 Å². The zero-order chi connectivity index (χ0) is 13.9. The van der Waals surface area contributed by atoms with Gasteiger partial charge in [-0.2, -0.15) is 0 Å². The predicted octanol–water partition coefficient (Wildman–Crippen LogP) is 4.24. The average Bonchev–Trinajstić information content (AvgIpc) is 3.15. The van der Waals surface area contributed by atoms with Crippen LogP contribution in [0, 0.1) is 0 Å². The van der Waals surface area contributed by atoms with Gasteiger partial charge in [0.2, 0.25) is 5.91 Å². The van der Waals surface area contributed by atoms with Crippen LogP contribution >= 0.6 is 27.3 Å². The number of nitrogens with zero attached hydrogens (tertiary/aromatic N) is 1. The van der Waals surface area contributed by atoms with Crippen molar-refractivity contribution in [1.29, 1.82) is 0 Å². The molecule has 1 aliphatic carbocycles. The number of rotatable bonds is 5. The van der Waals surface area contributed by atoms with Crippen LogP contribution in [0.4, 0.5) is 0 Å². The highest BCUT2D eigenvalue weighted by Gasteiger charge is 2.32. The van der Waals surface area contributed by atoms with Crippen LogP contribution in [0.1, 0.15) is 23.3 Å². The molecule has 0 bridgehead atoms. The lowest BCUT2D eigenvalue weighted by molar-refractivity contribution is -0.131. The summed E-state index contributed by atoms with van der Waals surface area (Å²) >= 11 is 5.14. The number of thiophene rings is 1. The zero-order valence-electron chi connectivity index (χ0n) is 11.1. The molecule has 3 rings (SSSR count). The minimum atomic E-state index is 0.239. The number of carbonyl (C=O) groups excluding carboxylic acids is 1. The van der Waals surface area contributed by atoms with Crippen LogP contribution in [0.3, 0.4) is 0 Å². The normalized spacial score (nSPS) is 14.2. The highest BCUT2D eigenvalue weighted by molar-refractivity contribution is 9.10. The van der Waals surface area contributed by atoms with E-state index >= 15 is 0 Å². The average molecular weight is 350 g/mol. The molecule has 2 aromatic rings. The topological polar surface area (TPSA) is 20.3 Å². The molecular formula is C16H16BrNOS. The minimum Gasteiger partial charge on any atom is -0.334 e. The number of hydrogen-bond acceptors (Lipinski definition) is 2. The monoisotopic (exact) mass is 349 g/mol. The van der Waals surface area contributed by atoms with Crippen LogP contribution in [0.15, 0.2) is 46.3 Å². The molecule has 0 spiro atoms. The molecule has 1 aliphatic rings. The Kier molecular flexibility index (Phi) is 4.22. The highest BCUT2D eigenvalue weighted by Crippen LogP contribution is 2.30. The smallest absolute Gasteiger partial charge is 0.227 e. The Bertz CT molecular complexity index is 575. The summed E-state index contributed by atoms with van der Waals surface area (Å²) in [5, 5.41) is 2.07. The van der Waals surface area contributed by atoms with Gasteiger partial charge in [0.1, 0.15) is 0 Å². The fraction of sp³-hybridized carbons (Fsp3) is 0.312. The van der Waals surface area contributed by atoms with E-state index in [1.165, 1.54) is 4.88 Å². The minimum absolute atomic E-state index is 0.239. The summed E-state index contributed by atoms with van der Waals surface area (Å²) in [7, 11) is 0. The van der Waals surface area contributed by atoms with Gasteiger partial charge in [0.15, 0.2) is 0 Å². The van der Waals surface area contributed by atoms with Crippen molar-refractivity contribution in [2.24, 2.45) is 0 Å². The van der Waals surface area contributed by atoms with Crippen molar-refractivity contribution in [3.8, 4) is 0 Å². The molecule has 104 valence electrons. The van der Waals surface area contributed by atoms with Crippen molar-refractivity contribution in [2.75, 3.05) is 0 Å². The molecule has 1 fully saturated rings. The second kappa shape index (κ2) is 6.10. The van der Waals surface area contributed by atoms with Crippen molar-refractivity contribution in [3.63, 3.8) is 0 Å². The first-order valence-corrected chi connectivity index (χ1v) is 8.46. The van der Waals surface area contributed by atoms with E-state index < -0.39 is 0 Å². The third-order valence-corrected chi connectivity index (χ3v) is 4.87. The standard InChI is InChI=1S/C16H16BrNOS/c17-13-5-3-12(4-6-13)10-16(19)18(14-7-8-14)11-15-2-1-9-20-15/h1-6,9,14H,7-8,10-11H2. The van der Waals surface area contributed by atoms with Crippen molar-refractivity contribution in [1.82, 2.24) is 4.90 Å². The Morgan fingerprint density at radius 3 is 2.60 bits per heavy atom. The summed E-state index contributed by atoms with van der Waals surface area (Å²) in [6.07, 6.45) is 2.80. The van der Waals surface area contributed by atoms with E-state index in [4.69, 9.17) is 0 Å². The predicted molar refractivity (Wildman–Crippen MR) is 85.7 cm³/mol. The lowest BCUT2D eigenvalue weighted by atomic mass is 10.1. The zero-order valence-corrected chi connectivity index (χ0v) is 13.5. The number of halogens is 1. The molecule has 2 nitrogen and oxygen atoms in total. The van der Waals surface area contributed by atoms with Crippen molar-refractivity contribution in [2.45, 2.75) is 31.8 Å². The molecule has 1 amide bonds. The number of benzene rings is 1. The molecule has 0 aliphatic heterocycles. The van der Waals surface area contributed by atoms with Crippen molar-refractivity contribution >= 4 is 33.2 Å². The first-order chi connectivity index (χ1) is 9.72. The van der Waals surface area contributed by atoms with Crippen LogP contribution in [-0.2, 0) is 17.8 Å². The molecule has 1 aromatic heterocycles. The van der Waals surface area contributed by atoms with E-state index in [2.05, 4.69) is 27.4 Å². The molecule has 1 saturated carbocycles. The van der Waals surface area contributed by atoms with Gasteiger partial charge < -0.3 is 4.90 Å². The third-order valence-electron chi connectivity index (χ3n) is 3.48. The van der Waals surface area contributed by atoms with Gasteiger partial charge in [-0.3, -0.25) is 4.79 Å². The maximum atomic E-state index is 12.5. The number of amides is 1. The summed E-state index contributed by atoms with van der Waals surface area (Å²) in [5.41, 5.74) is 1.08. The molecular weight excluding hydrogens is 334 g/mol. The number of hydrogen-bond donors (Lipinski definition) is 0. The Morgan fingerprint density at radius 2 is 2.00 bits per heavy atom. The Balaban J connectivity index is 1.67. The Labute approximate surface area is 131 Å². The van der Waals surface area contributed by atoms with Gasteiger partial charge in [-0.25, -0.2) is 0 Å². The summed E-state index contributed by atoms with van der Waals surface area (Å²) in [4.78, 5) is 15.8. The molecule has 20 heavy (non-hydrogen) atoms. The molecule has 0 N–H and O–H groups in total. The molecule has 4 heteroatoms. The van der Waals surface area contributed by atoms with Gasteiger partial charge in [-0.05, 0) is 42.0 Å². The Hall–Kier alpha value is -1.13. The second-order valence-corrected chi connectivity index (χ2v) is 7.08. The molecule has 1 aromatic carbocycles. The van der Waals surface area contributed by atoms with E-state index in [1.54, 1.807) is 11.3 Å². The van der Waals surface area contributed by atoms with E-state index in [0.29, 0.717) is 12.5 Å². The van der Waals surface area contributed by atoms with Crippen molar-refractivity contribution in [3.05, 3.63) is 56.7 Å². The molecule has 1 heterocycles. The molecule has 0 saturated heterocycles. The quantitative estimate of drug-likeness (QED) is 0.790. The van der Waals surface area contributed by atoms with Gasteiger partial charge in [0.05, 0.1) is 13.0 Å². The van der Waals surface area contributed by atoms with Gasteiger partial charge >= 0.3 is 0 Å². The van der Waals surface area contributed by atoms with Crippen LogP contribution in [0.5, 0.6) is 0 Å². The summed E-state index contributed by atoms with van der Waals surface area (Å²) in [6.45, 7) is 0.762. The lowest BCUT2D eigenvalue weighted by Gasteiger charge is -2.22. The SMILES string of the molecule is O=C(Cc1ccc(Br)cc1)N(Cc1cccs1)C1CC1. The van der Waals surface area contributed by atoms with Crippen LogP contribution < -0.4 is 0 Å². The first kappa shape index (κ1) is 13.8. The van der Waals surface area contributed by atoms with E-state index in [9.17, 15) is 4.79 Å². The maximum Gasteiger partial charge on any atom is 0.227 e. The van der Waals surface area contributed by atoms with E-state index in [0.717, 1.165) is 29.4 Å². The summed E-state index contributed by atoms with van der Waals surface area (Å²) in [5.74, 6) is 0.239. The molecule has 0 radical (unpaired) electrons. The van der Waals surface area contributed by atoms with Crippen molar-refractivity contribution < 1.29 is 4.79 Å². The van der Waals surface area contributed by atoms with Gasteiger partial charge in [0, 0.05) is 15.4 Å². The second-order valence-electron chi connectivity index (χ2n) is 5.14. The molecule has 0 atom stereocenters. The maximum absolute atomic E-state index is 12.5. The first-order valence-electron chi connectivity index (χ1n) is 6.78. The van der Waals surface area contributed by atoms with Gasteiger partial charge in [-0.15, -0.1) is 11.3 Å². The van der Waals surface area contributed by atoms with E-state index in [-0.39, 0.29) is 5.91 Å². The van der Waals surface area contributed by atoms with Gasteiger partial charge in [-0.1, -0.05) is 34.1 Å². The van der Waals surface area contributed by atoms with Gasteiger partial charge in [0.25, 0.3) is 0 Å². The van der Waals surface area contributed by atoms with E-state index in [1.807, 2.05) is 35.2 Å². The largest absolute Gasteiger partial charge is 0.334 e. The Morgan fingerprint density at radius 1 is 1.25 bits per heavy atom. The molecule has 0 unspecified atom stereocenters. The van der Waals surface area contributed by atoms with Crippen LogP contribution in [0.25, 0.3) is 0 Å². The highest BCUT2D eigenvalue weighted by atomic mass is 79.9. The third kappa shape index (κ3) is 3.49. The summed E-state index contributed by atoms with van der Waals surface area (Å²) in [6, 6.07) is 12.6. The number of carbonyl (C=O) groups is 1. The fourth-order valence-corrected chi connectivity index (χ4v) is 3.22.